The van der Waals surface area contributed by atoms with E-state index in [0.717, 1.165) is 44.9 Å². The number of amides is 2. The van der Waals surface area contributed by atoms with E-state index in [1.165, 1.54) is 0 Å². The van der Waals surface area contributed by atoms with Crippen LogP contribution in [-0.2, 0) is 13.1 Å². The smallest absolute Gasteiger partial charge is 0.330 e. The van der Waals surface area contributed by atoms with Crippen molar-refractivity contribution in [1.82, 2.24) is 19.9 Å². The molecule has 0 bridgehead atoms. The molecular weight excluding hydrogens is 502 g/mol. The number of anilines is 3. The lowest BCUT2D eigenvalue weighted by Crippen LogP contribution is -2.46. The molecule has 1 aliphatic heterocycles. The SMILES string of the molecule is COc1ccccc1-c1cnc(-c2ccc(C)c(N3Cc4cnc(NCc5ccccc5)nc4N(C)C3=O)c2)[nH]1. The van der Waals surface area contributed by atoms with Crippen molar-refractivity contribution in [2.75, 3.05) is 29.3 Å². The van der Waals surface area contributed by atoms with Gasteiger partial charge in [0.05, 0.1) is 25.5 Å². The molecule has 0 spiro atoms. The summed E-state index contributed by atoms with van der Waals surface area (Å²) in [6.07, 6.45) is 3.58. The van der Waals surface area contributed by atoms with Crippen molar-refractivity contribution < 1.29 is 9.53 Å². The van der Waals surface area contributed by atoms with Crippen molar-refractivity contribution >= 4 is 23.5 Å². The van der Waals surface area contributed by atoms with Crippen LogP contribution in [0.2, 0.25) is 0 Å². The summed E-state index contributed by atoms with van der Waals surface area (Å²) in [5.41, 5.74) is 6.44. The van der Waals surface area contributed by atoms with E-state index in [1.54, 1.807) is 36.4 Å². The van der Waals surface area contributed by atoms with Crippen LogP contribution in [0.1, 0.15) is 16.7 Å². The van der Waals surface area contributed by atoms with Crippen LogP contribution in [0.15, 0.2) is 85.2 Å². The van der Waals surface area contributed by atoms with Crippen LogP contribution in [0.3, 0.4) is 0 Å². The van der Waals surface area contributed by atoms with Gasteiger partial charge in [-0.3, -0.25) is 9.80 Å². The lowest BCUT2D eigenvalue weighted by molar-refractivity contribution is 0.251. The molecule has 5 aromatic rings. The number of hydrogen-bond acceptors (Lipinski definition) is 6. The van der Waals surface area contributed by atoms with E-state index in [0.29, 0.717) is 30.7 Å². The molecule has 0 fully saturated rings. The van der Waals surface area contributed by atoms with Crippen LogP contribution in [0.4, 0.5) is 22.2 Å². The van der Waals surface area contributed by atoms with Gasteiger partial charge in [0.2, 0.25) is 5.95 Å². The predicted octanol–water partition coefficient (Wildman–Crippen LogP) is 6.04. The van der Waals surface area contributed by atoms with Gasteiger partial charge in [-0.15, -0.1) is 0 Å². The minimum atomic E-state index is -0.158. The molecule has 2 aromatic heterocycles. The zero-order valence-electron chi connectivity index (χ0n) is 22.5. The minimum absolute atomic E-state index is 0.158. The maximum Gasteiger partial charge on any atom is 0.330 e. The molecule has 0 saturated heterocycles. The normalized spacial score (nSPS) is 12.8. The maximum absolute atomic E-state index is 13.6. The van der Waals surface area contributed by atoms with Gasteiger partial charge in [-0.25, -0.2) is 14.8 Å². The highest BCUT2D eigenvalue weighted by atomic mass is 16.5. The number of rotatable bonds is 7. The molecule has 2 amide bonds. The molecular formula is C31H29N7O2. The van der Waals surface area contributed by atoms with Gasteiger partial charge >= 0.3 is 6.03 Å². The number of para-hydroxylation sites is 1. The molecule has 1 aliphatic rings. The number of carbonyl (C=O) groups is 1. The van der Waals surface area contributed by atoms with Gasteiger partial charge in [0, 0.05) is 42.2 Å². The average Bonchev–Trinajstić information content (AvgIpc) is 3.49. The number of hydrogen-bond donors (Lipinski definition) is 2. The molecule has 3 aromatic carbocycles. The molecule has 9 heteroatoms. The number of aromatic amines is 1. The number of imidazole rings is 1. The molecule has 0 radical (unpaired) electrons. The fraction of sp³-hybridized carbons (Fsp3) is 0.161. The number of ether oxygens (including phenoxy) is 1. The summed E-state index contributed by atoms with van der Waals surface area (Å²) in [6.45, 7) is 2.96. The average molecular weight is 532 g/mol. The van der Waals surface area contributed by atoms with E-state index in [2.05, 4.69) is 25.3 Å². The van der Waals surface area contributed by atoms with Gasteiger partial charge in [-0.1, -0.05) is 54.6 Å². The van der Waals surface area contributed by atoms with E-state index < -0.39 is 0 Å². The fourth-order valence-corrected chi connectivity index (χ4v) is 4.88. The van der Waals surface area contributed by atoms with E-state index in [4.69, 9.17) is 4.74 Å². The van der Waals surface area contributed by atoms with Gasteiger partial charge in [0.15, 0.2) is 0 Å². The van der Waals surface area contributed by atoms with Crippen molar-refractivity contribution in [2.45, 2.75) is 20.0 Å². The largest absolute Gasteiger partial charge is 0.496 e. The van der Waals surface area contributed by atoms with E-state index in [-0.39, 0.29) is 6.03 Å². The first-order valence-electron chi connectivity index (χ1n) is 13.0. The second kappa shape index (κ2) is 10.5. The van der Waals surface area contributed by atoms with Crippen LogP contribution in [0, 0.1) is 6.92 Å². The molecule has 2 N–H and O–H groups in total. The van der Waals surface area contributed by atoms with Crippen molar-refractivity contribution in [3.05, 3.63) is 102 Å². The Hall–Kier alpha value is -5.18. The Balaban J connectivity index is 1.26. The molecule has 40 heavy (non-hydrogen) atoms. The number of H-pyrrole nitrogens is 1. The molecule has 3 heterocycles. The van der Waals surface area contributed by atoms with Crippen molar-refractivity contribution in [2.24, 2.45) is 0 Å². The highest BCUT2D eigenvalue weighted by Gasteiger charge is 2.31. The number of urea groups is 1. The number of aryl methyl sites for hydroxylation is 1. The monoisotopic (exact) mass is 531 g/mol. The minimum Gasteiger partial charge on any atom is -0.496 e. The van der Waals surface area contributed by atoms with Crippen molar-refractivity contribution in [3.8, 4) is 28.4 Å². The lowest BCUT2D eigenvalue weighted by atomic mass is 10.1. The van der Waals surface area contributed by atoms with Crippen LogP contribution in [-0.4, -0.2) is 40.1 Å². The molecule has 6 rings (SSSR count). The van der Waals surface area contributed by atoms with Crippen LogP contribution in [0.25, 0.3) is 22.6 Å². The second-order valence-electron chi connectivity index (χ2n) is 9.66. The number of fused-ring (bicyclic) bond motifs is 1. The molecule has 9 nitrogen and oxygen atoms in total. The quantitative estimate of drug-likeness (QED) is 0.266. The van der Waals surface area contributed by atoms with Gasteiger partial charge in [0.1, 0.15) is 17.4 Å². The summed E-state index contributed by atoms with van der Waals surface area (Å²) in [4.78, 5) is 34.1. The van der Waals surface area contributed by atoms with E-state index in [1.807, 2.05) is 79.7 Å². The van der Waals surface area contributed by atoms with Gasteiger partial charge in [0.25, 0.3) is 0 Å². The Morgan fingerprint density at radius 1 is 1.00 bits per heavy atom. The number of carbonyl (C=O) groups excluding carboxylic acids is 1. The van der Waals surface area contributed by atoms with Crippen molar-refractivity contribution in [1.29, 1.82) is 0 Å². The Bertz CT molecular complexity index is 1680. The predicted molar refractivity (Wildman–Crippen MR) is 157 cm³/mol. The zero-order valence-corrected chi connectivity index (χ0v) is 22.5. The molecule has 0 aliphatic carbocycles. The zero-order chi connectivity index (χ0) is 27.6. The lowest BCUT2D eigenvalue weighted by Gasteiger charge is -2.35. The number of methoxy groups -OCH3 is 1. The maximum atomic E-state index is 13.6. The third-order valence-electron chi connectivity index (χ3n) is 7.05. The topological polar surface area (TPSA) is 99.3 Å². The summed E-state index contributed by atoms with van der Waals surface area (Å²) in [6, 6.07) is 23.7. The Kier molecular flexibility index (Phi) is 6.61. The van der Waals surface area contributed by atoms with Crippen LogP contribution in [0.5, 0.6) is 5.75 Å². The Morgan fingerprint density at radius 3 is 2.62 bits per heavy atom. The first-order valence-corrected chi connectivity index (χ1v) is 13.0. The number of nitrogens with one attached hydrogen (secondary N) is 2. The standard InChI is InChI=1S/C31H29N7O2/c1-20-13-14-22(28-32-18-25(35-28)24-11-7-8-12-27(24)40-3)15-26(20)38-19-23-17-34-30(36-29(23)37(2)31(38)39)33-16-21-9-5-4-6-10-21/h4-15,17-18H,16,19H2,1-3H3,(H,32,35)(H,33,34,36). The molecule has 0 atom stereocenters. The third kappa shape index (κ3) is 4.73. The van der Waals surface area contributed by atoms with Gasteiger partial charge in [-0.05, 0) is 36.2 Å². The summed E-state index contributed by atoms with van der Waals surface area (Å²) in [7, 11) is 3.40. The molecule has 0 unspecified atom stereocenters. The summed E-state index contributed by atoms with van der Waals surface area (Å²) < 4.78 is 5.51. The van der Waals surface area contributed by atoms with Gasteiger partial charge < -0.3 is 15.0 Å². The van der Waals surface area contributed by atoms with Gasteiger partial charge in [-0.2, -0.15) is 4.98 Å². The Labute approximate surface area is 232 Å². The summed E-state index contributed by atoms with van der Waals surface area (Å²) in [5.74, 6) is 2.56. The molecule has 0 saturated carbocycles. The van der Waals surface area contributed by atoms with Crippen molar-refractivity contribution in [3.63, 3.8) is 0 Å². The summed E-state index contributed by atoms with van der Waals surface area (Å²) in [5, 5.41) is 3.25. The fourth-order valence-electron chi connectivity index (χ4n) is 4.88. The number of benzene rings is 3. The number of aromatic nitrogens is 4. The van der Waals surface area contributed by atoms with E-state index in [9.17, 15) is 4.79 Å². The van der Waals surface area contributed by atoms with Crippen LogP contribution < -0.4 is 19.9 Å². The first kappa shape index (κ1) is 25.1. The Morgan fingerprint density at radius 2 is 1.80 bits per heavy atom. The van der Waals surface area contributed by atoms with E-state index >= 15 is 0 Å². The third-order valence-corrected chi connectivity index (χ3v) is 7.05. The first-order chi connectivity index (χ1) is 19.5. The second-order valence-corrected chi connectivity index (χ2v) is 9.66. The van der Waals surface area contributed by atoms with Crippen LogP contribution >= 0.6 is 0 Å². The summed E-state index contributed by atoms with van der Waals surface area (Å²) >= 11 is 0. The highest BCUT2D eigenvalue weighted by molar-refractivity contribution is 6.05. The highest BCUT2D eigenvalue weighted by Crippen LogP contribution is 2.35. The number of nitrogens with zero attached hydrogens (tertiary/aromatic N) is 5. The molecule has 200 valence electrons.